The fourth-order valence-electron chi connectivity index (χ4n) is 2.77. The molecule has 2 aromatic carbocycles. The highest BCUT2D eigenvalue weighted by atomic mass is 19.1. The molecule has 2 N–H and O–H groups in total. The summed E-state index contributed by atoms with van der Waals surface area (Å²) in [5, 5.41) is 3.91. The maximum Gasteiger partial charge on any atom is 0.268 e. The monoisotopic (exact) mass is 310 g/mol. The molecule has 118 valence electrons. The van der Waals surface area contributed by atoms with Crippen molar-refractivity contribution in [3.05, 3.63) is 70.7 Å². The van der Waals surface area contributed by atoms with Crippen LogP contribution in [-0.4, -0.2) is 17.4 Å². The van der Waals surface area contributed by atoms with Crippen LogP contribution in [0.4, 0.5) is 4.39 Å². The van der Waals surface area contributed by atoms with Crippen LogP contribution in [0.5, 0.6) is 0 Å². The number of amides is 1. The van der Waals surface area contributed by atoms with Gasteiger partial charge in [0, 0.05) is 17.4 Å². The molecular formula is C19H19FN2O. The number of aryl methyl sites for hydroxylation is 2. The van der Waals surface area contributed by atoms with Crippen LogP contribution in [0.3, 0.4) is 0 Å². The smallest absolute Gasteiger partial charge is 0.268 e. The van der Waals surface area contributed by atoms with Crippen molar-refractivity contribution in [3.8, 4) is 0 Å². The third-order valence-corrected chi connectivity index (χ3v) is 4.08. The van der Waals surface area contributed by atoms with Gasteiger partial charge in [0.15, 0.2) is 0 Å². The van der Waals surface area contributed by atoms with Crippen LogP contribution in [-0.2, 0) is 6.42 Å². The zero-order valence-electron chi connectivity index (χ0n) is 13.2. The molecule has 0 bridgehead atoms. The zero-order valence-corrected chi connectivity index (χ0v) is 13.2. The van der Waals surface area contributed by atoms with Crippen molar-refractivity contribution in [1.82, 2.24) is 10.3 Å². The maximum atomic E-state index is 13.6. The Kier molecular flexibility index (Phi) is 4.15. The second-order valence-electron chi connectivity index (χ2n) is 5.77. The minimum atomic E-state index is -0.237. The Bertz CT molecular complexity index is 867. The highest BCUT2D eigenvalue weighted by Crippen LogP contribution is 2.22. The summed E-state index contributed by atoms with van der Waals surface area (Å²) in [4.78, 5) is 15.5. The normalized spacial score (nSPS) is 10.9. The van der Waals surface area contributed by atoms with Crippen molar-refractivity contribution in [2.24, 2.45) is 0 Å². The van der Waals surface area contributed by atoms with Crippen molar-refractivity contribution >= 4 is 16.8 Å². The molecule has 0 aliphatic carbocycles. The first-order chi connectivity index (χ1) is 11.1. The van der Waals surface area contributed by atoms with E-state index in [1.54, 1.807) is 18.2 Å². The Morgan fingerprint density at radius 2 is 1.96 bits per heavy atom. The molecule has 23 heavy (non-hydrogen) atoms. The summed E-state index contributed by atoms with van der Waals surface area (Å²) < 4.78 is 13.6. The van der Waals surface area contributed by atoms with Gasteiger partial charge in [-0.1, -0.05) is 29.8 Å². The van der Waals surface area contributed by atoms with E-state index < -0.39 is 0 Å². The number of nitrogens with one attached hydrogen (secondary N) is 2. The van der Waals surface area contributed by atoms with Gasteiger partial charge >= 0.3 is 0 Å². The van der Waals surface area contributed by atoms with Gasteiger partial charge in [-0.3, -0.25) is 4.79 Å². The summed E-state index contributed by atoms with van der Waals surface area (Å²) in [7, 11) is 0. The number of hydrogen-bond donors (Lipinski definition) is 2. The van der Waals surface area contributed by atoms with E-state index in [9.17, 15) is 9.18 Å². The highest BCUT2D eigenvalue weighted by molar-refractivity contribution is 6.01. The molecule has 1 heterocycles. The summed E-state index contributed by atoms with van der Waals surface area (Å²) in [6, 6.07) is 12.7. The number of carbonyl (C=O) groups excluding carboxylic acids is 1. The van der Waals surface area contributed by atoms with Gasteiger partial charge in [-0.25, -0.2) is 4.39 Å². The lowest BCUT2D eigenvalue weighted by Gasteiger charge is -2.06. The largest absolute Gasteiger partial charge is 0.350 e. The van der Waals surface area contributed by atoms with E-state index in [2.05, 4.69) is 16.4 Å². The summed E-state index contributed by atoms with van der Waals surface area (Å²) in [5.41, 5.74) is 4.22. The maximum absolute atomic E-state index is 13.6. The molecule has 1 aromatic heterocycles. The summed E-state index contributed by atoms with van der Waals surface area (Å²) in [6.45, 7) is 4.36. The van der Waals surface area contributed by atoms with Gasteiger partial charge in [-0.05, 0) is 49.6 Å². The fraction of sp³-hybridized carbons (Fsp3) is 0.211. The molecule has 0 aliphatic rings. The third-order valence-electron chi connectivity index (χ3n) is 4.08. The number of aromatic nitrogens is 1. The molecule has 3 nitrogen and oxygen atoms in total. The second kappa shape index (κ2) is 6.24. The number of aromatic amines is 1. The highest BCUT2D eigenvalue weighted by Gasteiger charge is 2.14. The average Bonchev–Trinajstić information content (AvgIpc) is 2.86. The number of benzene rings is 2. The van der Waals surface area contributed by atoms with Crippen molar-refractivity contribution in [1.29, 1.82) is 0 Å². The SMILES string of the molecule is Cc1ccc2[nH]c(C(=O)NCCc3ccccc3F)c(C)c2c1. The molecule has 3 aromatic rings. The molecule has 0 spiro atoms. The van der Waals surface area contributed by atoms with Crippen LogP contribution < -0.4 is 5.32 Å². The Balaban J connectivity index is 1.71. The summed E-state index contributed by atoms with van der Waals surface area (Å²) in [5.74, 6) is -0.397. The number of carbonyl (C=O) groups is 1. The third kappa shape index (κ3) is 3.11. The van der Waals surface area contributed by atoms with E-state index in [0.29, 0.717) is 24.2 Å². The van der Waals surface area contributed by atoms with Crippen LogP contribution in [0.15, 0.2) is 42.5 Å². The summed E-state index contributed by atoms with van der Waals surface area (Å²) in [6.07, 6.45) is 0.469. The van der Waals surface area contributed by atoms with Crippen LogP contribution in [0.25, 0.3) is 10.9 Å². The van der Waals surface area contributed by atoms with Crippen LogP contribution in [0.2, 0.25) is 0 Å². The second-order valence-corrected chi connectivity index (χ2v) is 5.77. The predicted molar refractivity (Wildman–Crippen MR) is 90.2 cm³/mol. The van der Waals surface area contributed by atoms with Gasteiger partial charge < -0.3 is 10.3 Å². The van der Waals surface area contributed by atoms with Crippen molar-refractivity contribution in [2.45, 2.75) is 20.3 Å². The van der Waals surface area contributed by atoms with E-state index >= 15 is 0 Å². The minimum Gasteiger partial charge on any atom is -0.350 e. The van der Waals surface area contributed by atoms with E-state index in [-0.39, 0.29) is 11.7 Å². The zero-order chi connectivity index (χ0) is 16.4. The van der Waals surface area contributed by atoms with Crippen LogP contribution in [0, 0.1) is 19.7 Å². The van der Waals surface area contributed by atoms with Crippen LogP contribution >= 0.6 is 0 Å². The summed E-state index contributed by atoms with van der Waals surface area (Å²) >= 11 is 0. The first-order valence-corrected chi connectivity index (χ1v) is 7.67. The average molecular weight is 310 g/mol. The molecule has 0 unspecified atom stereocenters. The quantitative estimate of drug-likeness (QED) is 0.754. The lowest BCUT2D eigenvalue weighted by Crippen LogP contribution is -2.26. The fourth-order valence-corrected chi connectivity index (χ4v) is 2.77. The molecule has 0 saturated heterocycles. The number of hydrogen-bond acceptors (Lipinski definition) is 1. The molecule has 4 heteroatoms. The van der Waals surface area contributed by atoms with E-state index in [0.717, 1.165) is 22.0 Å². The Labute approximate surface area is 134 Å². The molecule has 0 fully saturated rings. The van der Waals surface area contributed by atoms with Gasteiger partial charge in [0.1, 0.15) is 11.5 Å². The molecule has 3 rings (SSSR count). The Hall–Kier alpha value is -2.62. The lowest BCUT2D eigenvalue weighted by molar-refractivity contribution is 0.0949. The first kappa shape index (κ1) is 15.3. The van der Waals surface area contributed by atoms with Crippen LogP contribution in [0.1, 0.15) is 27.2 Å². The van der Waals surface area contributed by atoms with E-state index in [1.807, 2.05) is 26.0 Å². The van der Waals surface area contributed by atoms with Crippen molar-refractivity contribution in [3.63, 3.8) is 0 Å². The van der Waals surface area contributed by atoms with Gasteiger partial charge in [0.25, 0.3) is 5.91 Å². The van der Waals surface area contributed by atoms with E-state index in [4.69, 9.17) is 0 Å². The van der Waals surface area contributed by atoms with Crippen molar-refractivity contribution in [2.75, 3.05) is 6.54 Å². The lowest BCUT2D eigenvalue weighted by atomic mass is 10.1. The molecule has 0 radical (unpaired) electrons. The molecular weight excluding hydrogens is 291 g/mol. The molecule has 1 amide bonds. The standard InChI is InChI=1S/C19H19FN2O/c1-12-7-8-17-15(11-12)13(2)18(22-17)19(23)21-10-9-14-5-3-4-6-16(14)20/h3-8,11,22H,9-10H2,1-2H3,(H,21,23). The number of fused-ring (bicyclic) bond motifs is 1. The number of rotatable bonds is 4. The van der Waals surface area contributed by atoms with Gasteiger partial charge in [0.05, 0.1) is 0 Å². The topological polar surface area (TPSA) is 44.9 Å². The van der Waals surface area contributed by atoms with E-state index in [1.165, 1.54) is 6.07 Å². The van der Waals surface area contributed by atoms with Crippen molar-refractivity contribution < 1.29 is 9.18 Å². The molecule has 0 aliphatic heterocycles. The Morgan fingerprint density at radius 3 is 2.74 bits per heavy atom. The van der Waals surface area contributed by atoms with Gasteiger partial charge in [-0.2, -0.15) is 0 Å². The Morgan fingerprint density at radius 1 is 1.17 bits per heavy atom. The molecule has 0 saturated carbocycles. The van der Waals surface area contributed by atoms with Gasteiger partial charge in [-0.15, -0.1) is 0 Å². The number of H-pyrrole nitrogens is 1. The van der Waals surface area contributed by atoms with Gasteiger partial charge in [0.2, 0.25) is 0 Å². The molecule has 0 atom stereocenters. The predicted octanol–water partition coefficient (Wildman–Crippen LogP) is 3.90. The first-order valence-electron chi connectivity index (χ1n) is 7.67. The number of halogens is 1. The minimum absolute atomic E-state index is 0.160.